The van der Waals surface area contributed by atoms with E-state index >= 15 is 0 Å². The highest BCUT2D eigenvalue weighted by Crippen LogP contribution is 2.29. The Morgan fingerprint density at radius 2 is 1.30 bits per heavy atom. The summed E-state index contributed by atoms with van der Waals surface area (Å²) in [6, 6.07) is 18.9. The molecular weight excluding hydrogens is 617 g/mol. The molecule has 4 aromatic rings. The summed E-state index contributed by atoms with van der Waals surface area (Å²) in [6.07, 6.45) is 0. The van der Waals surface area contributed by atoms with Crippen LogP contribution in [0.1, 0.15) is 21.5 Å². The zero-order valence-corrected chi connectivity index (χ0v) is 24.9. The van der Waals surface area contributed by atoms with Crippen molar-refractivity contribution in [2.24, 2.45) is 0 Å². The SMILES string of the molecule is Cc1cc(C)cc(NS(=O)(=O)c2cc(C(=O)Nc3ccc(S(=O)(=O)Nc4ccc(Cl)cc4Cl)cc3)ccc2Cl)c1. The lowest BCUT2D eigenvalue weighted by Crippen LogP contribution is -2.17. The van der Waals surface area contributed by atoms with Crippen molar-refractivity contribution in [3.63, 3.8) is 0 Å². The Kier molecular flexibility index (Phi) is 8.67. The van der Waals surface area contributed by atoms with Gasteiger partial charge in [-0.3, -0.25) is 14.2 Å². The largest absolute Gasteiger partial charge is 0.322 e. The molecule has 0 saturated heterocycles. The van der Waals surface area contributed by atoms with Gasteiger partial charge in [0.15, 0.2) is 0 Å². The second kappa shape index (κ2) is 11.7. The first kappa shape index (κ1) is 29.7. The summed E-state index contributed by atoms with van der Waals surface area (Å²) in [4.78, 5) is 12.6. The Labute approximate surface area is 247 Å². The lowest BCUT2D eigenvalue weighted by molar-refractivity contribution is 0.102. The van der Waals surface area contributed by atoms with Crippen LogP contribution in [0, 0.1) is 13.8 Å². The molecule has 208 valence electrons. The first-order valence-electron chi connectivity index (χ1n) is 11.5. The maximum Gasteiger partial charge on any atom is 0.263 e. The highest BCUT2D eigenvalue weighted by atomic mass is 35.5. The van der Waals surface area contributed by atoms with Crippen LogP contribution >= 0.6 is 34.8 Å². The van der Waals surface area contributed by atoms with Gasteiger partial charge < -0.3 is 5.32 Å². The van der Waals surface area contributed by atoms with Crippen molar-refractivity contribution >= 4 is 77.8 Å². The van der Waals surface area contributed by atoms with Crippen molar-refractivity contribution in [1.82, 2.24) is 0 Å². The van der Waals surface area contributed by atoms with Crippen molar-refractivity contribution in [1.29, 1.82) is 0 Å². The summed E-state index contributed by atoms with van der Waals surface area (Å²) in [5.74, 6) is -0.624. The molecule has 0 fully saturated rings. The van der Waals surface area contributed by atoms with Crippen LogP contribution in [0.15, 0.2) is 88.7 Å². The summed E-state index contributed by atoms with van der Waals surface area (Å²) in [5, 5.41) is 3.05. The molecule has 0 spiro atoms. The van der Waals surface area contributed by atoms with Crippen LogP contribution in [0.4, 0.5) is 17.1 Å². The highest BCUT2D eigenvalue weighted by molar-refractivity contribution is 7.93. The predicted molar refractivity (Wildman–Crippen MR) is 160 cm³/mol. The molecule has 0 saturated carbocycles. The molecule has 0 heterocycles. The van der Waals surface area contributed by atoms with Crippen molar-refractivity contribution in [3.8, 4) is 0 Å². The molecule has 8 nitrogen and oxygen atoms in total. The van der Waals surface area contributed by atoms with Crippen molar-refractivity contribution in [3.05, 3.63) is 111 Å². The molecule has 0 atom stereocenters. The number of carbonyl (C=O) groups is 1. The summed E-state index contributed by atoms with van der Waals surface area (Å²) in [7, 11) is -8.09. The molecule has 0 aromatic heterocycles. The zero-order valence-electron chi connectivity index (χ0n) is 21.0. The van der Waals surface area contributed by atoms with E-state index < -0.39 is 26.0 Å². The number of anilines is 3. The van der Waals surface area contributed by atoms with Crippen LogP contribution in [0.25, 0.3) is 0 Å². The molecule has 0 aliphatic carbocycles. The summed E-state index contributed by atoms with van der Waals surface area (Å²) < 4.78 is 56.5. The molecule has 13 heteroatoms. The van der Waals surface area contributed by atoms with E-state index in [1.54, 1.807) is 12.1 Å². The predicted octanol–water partition coefficient (Wildman–Crippen LogP) is 7.12. The molecule has 40 heavy (non-hydrogen) atoms. The van der Waals surface area contributed by atoms with Gasteiger partial charge in [-0.2, -0.15) is 0 Å². The Balaban J connectivity index is 1.51. The molecule has 0 aliphatic heterocycles. The second-order valence-corrected chi connectivity index (χ2v) is 13.4. The van der Waals surface area contributed by atoms with Gasteiger partial charge in [0.05, 0.1) is 20.6 Å². The third-order valence-electron chi connectivity index (χ3n) is 5.55. The first-order valence-corrected chi connectivity index (χ1v) is 15.6. The third kappa shape index (κ3) is 7.07. The Bertz CT molecular complexity index is 1810. The number of aryl methyl sites for hydroxylation is 2. The molecular formula is C27H22Cl3N3O5S2. The van der Waals surface area contributed by atoms with Crippen LogP contribution in [0.5, 0.6) is 0 Å². The molecule has 0 unspecified atom stereocenters. The van der Waals surface area contributed by atoms with Gasteiger partial charge in [0.25, 0.3) is 26.0 Å². The molecule has 0 radical (unpaired) electrons. The summed E-state index contributed by atoms with van der Waals surface area (Å²) >= 11 is 18.1. The van der Waals surface area contributed by atoms with Crippen LogP contribution in [0.2, 0.25) is 15.1 Å². The first-order chi connectivity index (χ1) is 18.7. The summed E-state index contributed by atoms with van der Waals surface area (Å²) in [6.45, 7) is 3.69. The molecule has 4 rings (SSSR count). The van der Waals surface area contributed by atoms with Gasteiger partial charge in [-0.25, -0.2) is 16.8 Å². The monoisotopic (exact) mass is 637 g/mol. The van der Waals surface area contributed by atoms with E-state index in [0.29, 0.717) is 10.7 Å². The number of hydrogen-bond donors (Lipinski definition) is 3. The van der Waals surface area contributed by atoms with Crippen LogP contribution in [-0.4, -0.2) is 22.7 Å². The Hall–Kier alpha value is -3.28. The lowest BCUT2D eigenvalue weighted by atomic mass is 10.1. The van der Waals surface area contributed by atoms with Gasteiger partial charge in [0.2, 0.25) is 0 Å². The minimum absolute atomic E-state index is 0.0287. The molecule has 0 aliphatic rings. The van der Waals surface area contributed by atoms with Gasteiger partial charge in [0.1, 0.15) is 4.90 Å². The third-order valence-corrected chi connectivity index (χ3v) is 9.35. The number of halogens is 3. The smallest absolute Gasteiger partial charge is 0.263 e. The van der Waals surface area contributed by atoms with E-state index in [9.17, 15) is 21.6 Å². The number of nitrogens with one attached hydrogen (secondary N) is 3. The average Bonchev–Trinajstić information content (AvgIpc) is 2.85. The number of hydrogen-bond acceptors (Lipinski definition) is 5. The number of rotatable bonds is 8. The maximum atomic E-state index is 13.1. The lowest BCUT2D eigenvalue weighted by Gasteiger charge is -2.13. The van der Waals surface area contributed by atoms with E-state index in [1.807, 2.05) is 19.9 Å². The maximum absolute atomic E-state index is 13.1. The standard InChI is InChI=1S/C27H22Cl3N3O5S2/c1-16-11-17(2)13-21(12-16)32-40(37,38)26-14-18(3-9-23(26)29)27(34)31-20-5-7-22(8-6-20)39(35,36)33-25-10-4-19(28)15-24(25)30/h3-15,32-33H,1-2H3,(H,31,34). The fraction of sp³-hybridized carbons (Fsp3) is 0.0741. The van der Waals surface area contributed by atoms with Crippen molar-refractivity contribution < 1.29 is 21.6 Å². The number of sulfonamides is 2. The number of amides is 1. The van der Waals surface area contributed by atoms with Crippen LogP contribution < -0.4 is 14.8 Å². The fourth-order valence-electron chi connectivity index (χ4n) is 3.79. The summed E-state index contributed by atoms with van der Waals surface area (Å²) in [5.41, 5.74) is 2.58. The van der Waals surface area contributed by atoms with E-state index in [2.05, 4.69) is 14.8 Å². The number of carbonyl (C=O) groups excluding carboxylic acids is 1. The average molecular weight is 639 g/mol. The quantitative estimate of drug-likeness (QED) is 0.190. The Morgan fingerprint density at radius 1 is 0.650 bits per heavy atom. The van der Waals surface area contributed by atoms with Gasteiger partial charge >= 0.3 is 0 Å². The fourth-order valence-corrected chi connectivity index (χ4v) is 6.95. The van der Waals surface area contributed by atoms with E-state index in [1.165, 1.54) is 60.7 Å². The minimum atomic E-state index is -4.11. The molecule has 3 N–H and O–H groups in total. The van der Waals surface area contributed by atoms with E-state index in [0.717, 1.165) is 11.1 Å². The van der Waals surface area contributed by atoms with E-state index in [4.69, 9.17) is 34.8 Å². The number of benzene rings is 4. The molecule has 0 bridgehead atoms. The van der Waals surface area contributed by atoms with E-state index in [-0.39, 0.29) is 36.8 Å². The van der Waals surface area contributed by atoms with Crippen molar-refractivity contribution in [2.75, 3.05) is 14.8 Å². The highest BCUT2D eigenvalue weighted by Gasteiger charge is 2.21. The van der Waals surface area contributed by atoms with Crippen molar-refractivity contribution in [2.45, 2.75) is 23.6 Å². The van der Waals surface area contributed by atoms with Crippen LogP contribution in [0.3, 0.4) is 0 Å². The minimum Gasteiger partial charge on any atom is -0.322 e. The van der Waals surface area contributed by atoms with Crippen LogP contribution in [-0.2, 0) is 20.0 Å². The Morgan fingerprint density at radius 3 is 1.93 bits per heavy atom. The van der Waals surface area contributed by atoms with Gasteiger partial charge in [-0.1, -0.05) is 40.9 Å². The normalized spacial score (nSPS) is 11.6. The molecule has 4 aromatic carbocycles. The van der Waals surface area contributed by atoms with Gasteiger partial charge in [-0.15, -0.1) is 0 Å². The zero-order chi connectivity index (χ0) is 29.2. The second-order valence-electron chi connectivity index (χ2n) is 8.84. The topological polar surface area (TPSA) is 121 Å². The van der Waals surface area contributed by atoms with Gasteiger partial charge in [0, 0.05) is 22.0 Å². The molecule has 1 amide bonds. The van der Waals surface area contributed by atoms with Gasteiger partial charge in [-0.05, 0) is 97.8 Å².